The lowest BCUT2D eigenvalue weighted by Crippen LogP contribution is -2.43. The van der Waals surface area contributed by atoms with Crippen LogP contribution in [-0.2, 0) is 6.54 Å². The van der Waals surface area contributed by atoms with Gasteiger partial charge in [0.1, 0.15) is 0 Å². The third-order valence-corrected chi connectivity index (χ3v) is 6.62. The summed E-state index contributed by atoms with van der Waals surface area (Å²) in [5, 5.41) is 11.2. The van der Waals surface area contributed by atoms with E-state index < -0.39 is 4.92 Å². The normalized spacial score (nSPS) is 14.5. The van der Waals surface area contributed by atoms with Gasteiger partial charge in [-0.3, -0.25) is 19.5 Å². The molecule has 2 aromatic heterocycles. The maximum atomic E-state index is 13.7. The molecule has 2 aromatic carbocycles. The molecule has 1 saturated carbocycles. The van der Waals surface area contributed by atoms with Crippen LogP contribution in [0.4, 0.5) is 5.69 Å². The molecule has 0 N–H and O–H groups in total. The van der Waals surface area contributed by atoms with E-state index in [-0.39, 0.29) is 29.5 Å². The van der Waals surface area contributed by atoms with Crippen LogP contribution in [0.3, 0.4) is 0 Å². The van der Waals surface area contributed by atoms with E-state index in [1.807, 2.05) is 31.2 Å². The third kappa shape index (κ3) is 3.72. The SMILES string of the molecule is Cc1ccccc1-n1c(=O)n(C2CCCCC2)c(=O)c2c1ncn2Cc1cccc([N+](=O)[O-])c1. The van der Waals surface area contributed by atoms with Crippen molar-refractivity contribution in [2.75, 3.05) is 0 Å². The molecule has 34 heavy (non-hydrogen) atoms. The number of hydrogen-bond donors (Lipinski definition) is 0. The Morgan fingerprint density at radius 3 is 2.56 bits per heavy atom. The van der Waals surface area contributed by atoms with Crippen LogP contribution in [-0.4, -0.2) is 23.6 Å². The van der Waals surface area contributed by atoms with Gasteiger partial charge in [0.05, 0.1) is 16.9 Å². The minimum atomic E-state index is -0.443. The first kappa shape index (κ1) is 21.8. The third-order valence-electron chi connectivity index (χ3n) is 6.62. The second kappa shape index (κ2) is 8.74. The molecule has 0 aliphatic heterocycles. The van der Waals surface area contributed by atoms with Crippen molar-refractivity contribution in [1.82, 2.24) is 18.7 Å². The number of aryl methyl sites for hydroxylation is 1. The molecular formula is C25H25N5O4. The van der Waals surface area contributed by atoms with Gasteiger partial charge in [-0.05, 0) is 37.0 Å². The minimum absolute atomic E-state index is 0.0154. The van der Waals surface area contributed by atoms with Crippen LogP contribution in [0.2, 0.25) is 0 Å². The number of benzene rings is 2. The van der Waals surface area contributed by atoms with E-state index in [9.17, 15) is 19.7 Å². The monoisotopic (exact) mass is 459 g/mol. The fourth-order valence-electron chi connectivity index (χ4n) is 4.93. The van der Waals surface area contributed by atoms with Gasteiger partial charge < -0.3 is 4.57 Å². The molecule has 9 nitrogen and oxygen atoms in total. The van der Waals surface area contributed by atoms with Crippen LogP contribution in [0.1, 0.15) is 49.3 Å². The summed E-state index contributed by atoms with van der Waals surface area (Å²) in [6, 6.07) is 13.7. The van der Waals surface area contributed by atoms with Crippen molar-refractivity contribution in [2.24, 2.45) is 0 Å². The van der Waals surface area contributed by atoms with E-state index >= 15 is 0 Å². The Labute approximate surface area is 195 Å². The van der Waals surface area contributed by atoms with Crippen LogP contribution in [0.5, 0.6) is 0 Å². The summed E-state index contributed by atoms with van der Waals surface area (Å²) in [5.74, 6) is 0. The topological polar surface area (TPSA) is 105 Å². The van der Waals surface area contributed by atoms with Crippen LogP contribution in [0.25, 0.3) is 16.9 Å². The first-order valence-corrected chi connectivity index (χ1v) is 11.5. The van der Waals surface area contributed by atoms with Crippen molar-refractivity contribution in [1.29, 1.82) is 0 Å². The Hall–Kier alpha value is -4.01. The Bertz CT molecular complexity index is 1510. The van der Waals surface area contributed by atoms with E-state index in [0.29, 0.717) is 22.4 Å². The van der Waals surface area contributed by atoms with Gasteiger partial charge in [-0.15, -0.1) is 0 Å². The molecule has 0 amide bonds. The molecule has 0 spiro atoms. The molecule has 4 aromatic rings. The molecule has 0 radical (unpaired) electrons. The number of nitro groups is 1. The number of para-hydroxylation sites is 1. The predicted octanol–water partition coefficient (Wildman–Crippen LogP) is 4.12. The average Bonchev–Trinajstić information content (AvgIpc) is 3.24. The zero-order valence-electron chi connectivity index (χ0n) is 18.9. The molecule has 0 bridgehead atoms. The molecule has 5 rings (SSSR count). The fourth-order valence-corrected chi connectivity index (χ4v) is 4.93. The molecule has 0 saturated heterocycles. The number of imidazole rings is 1. The van der Waals surface area contributed by atoms with E-state index in [1.165, 1.54) is 27.6 Å². The average molecular weight is 460 g/mol. The number of hydrogen-bond acceptors (Lipinski definition) is 5. The second-order valence-corrected chi connectivity index (χ2v) is 8.84. The van der Waals surface area contributed by atoms with E-state index in [4.69, 9.17) is 0 Å². The maximum absolute atomic E-state index is 13.7. The summed E-state index contributed by atoms with van der Waals surface area (Å²) in [6.45, 7) is 2.15. The van der Waals surface area contributed by atoms with Gasteiger partial charge in [0.25, 0.3) is 11.2 Å². The Morgan fingerprint density at radius 2 is 1.82 bits per heavy atom. The predicted molar refractivity (Wildman–Crippen MR) is 129 cm³/mol. The van der Waals surface area contributed by atoms with Crippen molar-refractivity contribution < 1.29 is 4.92 Å². The standard InChI is InChI=1S/C25H25N5O4/c1-17-8-5-6-13-21(17)29-23-22(24(31)28(25(29)32)19-10-3-2-4-11-19)27(16-26-23)15-18-9-7-12-20(14-18)30(33)34/h5-9,12-14,16,19H,2-4,10-11,15H2,1H3. The summed E-state index contributed by atoms with van der Waals surface area (Å²) >= 11 is 0. The molecular weight excluding hydrogens is 434 g/mol. The first-order chi connectivity index (χ1) is 16.5. The number of fused-ring (bicyclic) bond motifs is 1. The molecule has 0 atom stereocenters. The zero-order valence-corrected chi connectivity index (χ0v) is 18.9. The number of non-ortho nitro benzene ring substituents is 1. The van der Waals surface area contributed by atoms with Crippen molar-refractivity contribution in [3.8, 4) is 5.69 Å². The van der Waals surface area contributed by atoms with Crippen LogP contribution < -0.4 is 11.2 Å². The summed E-state index contributed by atoms with van der Waals surface area (Å²) in [7, 11) is 0. The lowest BCUT2D eigenvalue weighted by Gasteiger charge is -2.24. The summed E-state index contributed by atoms with van der Waals surface area (Å²) in [6.07, 6.45) is 6.16. The lowest BCUT2D eigenvalue weighted by molar-refractivity contribution is -0.384. The fraction of sp³-hybridized carbons (Fsp3) is 0.320. The zero-order chi connectivity index (χ0) is 23.8. The van der Waals surface area contributed by atoms with Crippen molar-refractivity contribution in [3.05, 3.63) is 96.9 Å². The van der Waals surface area contributed by atoms with Gasteiger partial charge in [0, 0.05) is 24.7 Å². The number of nitro benzene ring substituents is 1. The van der Waals surface area contributed by atoms with Crippen LogP contribution in [0.15, 0.2) is 64.4 Å². The van der Waals surface area contributed by atoms with E-state index in [1.54, 1.807) is 16.7 Å². The molecule has 1 fully saturated rings. The molecule has 9 heteroatoms. The number of rotatable bonds is 5. The molecule has 1 aliphatic rings. The first-order valence-electron chi connectivity index (χ1n) is 11.5. The quantitative estimate of drug-likeness (QED) is 0.330. The van der Waals surface area contributed by atoms with Gasteiger partial charge in [-0.25, -0.2) is 14.3 Å². The van der Waals surface area contributed by atoms with Gasteiger partial charge in [-0.1, -0.05) is 49.6 Å². The second-order valence-electron chi connectivity index (χ2n) is 8.84. The minimum Gasteiger partial charge on any atom is -0.320 e. The number of aromatic nitrogens is 4. The Balaban J connectivity index is 1.75. The summed E-state index contributed by atoms with van der Waals surface area (Å²) in [5.41, 5.74) is 2.11. The highest BCUT2D eigenvalue weighted by atomic mass is 16.6. The van der Waals surface area contributed by atoms with Gasteiger partial charge in [0.15, 0.2) is 11.2 Å². The molecule has 1 aliphatic carbocycles. The smallest absolute Gasteiger partial charge is 0.320 e. The van der Waals surface area contributed by atoms with Crippen molar-refractivity contribution in [3.63, 3.8) is 0 Å². The van der Waals surface area contributed by atoms with Gasteiger partial charge >= 0.3 is 5.69 Å². The van der Waals surface area contributed by atoms with Crippen molar-refractivity contribution in [2.45, 2.75) is 51.6 Å². The molecule has 0 unspecified atom stereocenters. The highest BCUT2D eigenvalue weighted by molar-refractivity contribution is 5.73. The van der Waals surface area contributed by atoms with E-state index in [0.717, 1.165) is 37.7 Å². The molecule has 2 heterocycles. The van der Waals surface area contributed by atoms with E-state index in [2.05, 4.69) is 4.98 Å². The Morgan fingerprint density at radius 1 is 1.06 bits per heavy atom. The van der Waals surface area contributed by atoms with Gasteiger partial charge in [-0.2, -0.15) is 0 Å². The maximum Gasteiger partial charge on any atom is 0.337 e. The highest BCUT2D eigenvalue weighted by Crippen LogP contribution is 2.27. The summed E-state index contributed by atoms with van der Waals surface area (Å²) in [4.78, 5) is 42.7. The highest BCUT2D eigenvalue weighted by Gasteiger charge is 2.25. The van der Waals surface area contributed by atoms with Crippen LogP contribution in [0, 0.1) is 17.0 Å². The van der Waals surface area contributed by atoms with Crippen molar-refractivity contribution >= 4 is 16.9 Å². The molecule has 174 valence electrons. The Kier molecular flexibility index (Phi) is 5.61. The largest absolute Gasteiger partial charge is 0.337 e. The summed E-state index contributed by atoms with van der Waals surface area (Å²) < 4.78 is 4.62. The lowest BCUT2D eigenvalue weighted by atomic mass is 9.95. The van der Waals surface area contributed by atoms with Gasteiger partial charge in [0.2, 0.25) is 0 Å². The number of nitrogens with zero attached hydrogens (tertiary/aromatic N) is 5. The van der Waals surface area contributed by atoms with Crippen LogP contribution >= 0.6 is 0 Å².